The van der Waals surface area contributed by atoms with E-state index in [-0.39, 0.29) is 0 Å². The average Bonchev–Trinajstić information content (AvgIpc) is 2.56. The molecule has 0 spiro atoms. The highest BCUT2D eigenvalue weighted by Crippen LogP contribution is 2.31. The third-order valence-electron chi connectivity index (χ3n) is 3.56. The summed E-state index contributed by atoms with van der Waals surface area (Å²) in [5.41, 5.74) is 3.68. The van der Waals surface area contributed by atoms with Crippen molar-refractivity contribution in [1.29, 1.82) is 0 Å². The first-order valence-corrected chi connectivity index (χ1v) is 7.37. The number of ether oxygens (including phenoxy) is 2. The SMILES string of the molecule is C=CCc1cc(OC)c(OC)cc1CNCc1ccccc1. The topological polar surface area (TPSA) is 30.5 Å². The van der Waals surface area contributed by atoms with Crippen LogP contribution in [0.4, 0.5) is 0 Å². The summed E-state index contributed by atoms with van der Waals surface area (Å²) < 4.78 is 10.8. The van der Waals surface area contributed by atoms with Crippen LogP contribution in [0, 0.1) is 0 Å². The van der Waals surface area contributed by atoms with Gasteiger partial charge in [-0.3, -0.25) is 0 Å². The molecule has 0 bridgehead atoms. The van der Waals surface area contributed by atoms with Gasteiger partial charge in [0.1, 0.15) is 0 Å². The maximum atomic E-state index is 5.40. The first kappa shape index (κ1) is 16.1. The van der Waals surface area contributed by atoms with E-state index in [1.165, 1.54) is 16.7 Å². The summed E-state index contributed by atoms with van der Waals surface area (Å²) in [5.74, 6) is 1.51. The standard InChI is InChI=1S/C19H23NO2/c1-4-8-16-11-18(21-2)19(22-3)12-17(16)14-20-13-15-9-6-5-7-10-15/h4-7,9-12,20H,1,8,13-14H2,2-3H3. The molecule has 0 radical (unpaired) electrons. The highest BCUT2D eigenvalue weighted by Gasteiger charge is 2.10. The van der Waals surface area contributed by atoms with E-state index in [0.29, 0.717) is 0 Å². The summed E-state index contributed by atoms with van der Waals surface area (Å²) in [6.45, 7) is 5.44. The Hall–Kier alpha value is -2.26. The van der Waals surface area contributed by atoms with Gasteiger partial charge in [-0.15, -0.1) is 6.58 Å². The second-order valence-corrected chi connectivity index (χ2v) is 5.06. The van der Waals surface area contributed by atoms with Crippen LogP contribution in [0.5, 0.6) is 11.5 Å². The van der Waals surface area contributed by atoms with Crippen molar-refractivity contribution in [3.8, 4) is 11.5 Å². The van der Waals surface area contributed by atoms with Gasteiger partial charge in [0.15, 0.2) is 11.5 Å². The van der Waals surface area contributed by atoms with Crippen LogP contribution in [0.2, 0.25) is 0 Å². The van der Waals surface area contributed by atoms with E-state index in [1.807, 2.05) is 24.3 Å². The van der Waals surface area contributed by atoms with Crippen LogP contribution in [-0.4, -0.2) is 14.2 Å². The molecule has 116 valence electrons. The van der Waals surface area contributed by atoms with E-state index in [9.17, 15) is 0 Å². The molecule has 2 rings (SSSR count). The molecule has 0 saturated heterocycles. The van der Waals surface area contributed by atoms with Gasteiger partial charge >= 0.3 is 0 Å². The van der Waals surface area contributed by atoms with Crippen molar-refractivity contribution < 1.29 is 9.47 Å². The summed E-state index contributed by atoms with van der Waals surface area (Å²) >= 11 is 0. The average molecular weight is 297 g/mol. The molecule has 0 saturated carbocycles. The molecule has 0 aliphatic carbocycles. The van der Waals surface area contributed by atoms with Crippen molar-refractivity contribution >= 4 is 0 Å². The summed E-state index contributed by atoms with van der Waals surface area (Å²) in [4.78, 5) is 0. The van der Waals surface area contributed by atoms with Crippen molar-refractivity contribution in [3.05, 3.63) is 71.8 Å². The highest BCUT2D eigenvalue weighted by atomic mass is 16.5. The van der Waals surface area contributed by atoms with E-state index in [0.717, 1.165) is 31.0 Å². The number of benzene rings is 2. The van der Waals surface area contributed by atoms with E-state index < -0.39 is 0 Å². The molecule has 0 amide bonds. The van der Waals surface area contributed by atoms with Gasteiger partial charge in [-0.25, -0.2) is 0 Å². The molecule has 1 N–H and O–H groups in total. The number of rotatable bonds is 8. The zero-order chi connectivity index (χ0) is 15.8. The van der Waals surface area contributed by atoms with Crippen molar-refractivity contribution in [3.63, 3.8) is 0 Å². The van der Waals surface area contributed by atoms with Crippen LogP contribution in [0.1, 0.15) is 16.7 Å². The van der Waals surface area contributed by atoms with Crippen molar-refractivity contribution in [2.24, 2.45) is 0 Å². The predicted molar refractivity (Wildman–Crippen MR) is 90.4 cm³/mol. The zero-order valence-electron chi connectivity index (χ0n) is 13.3. The quantitative estimate of drug-likeness (QED) is 0.753. The van der Waals surface area contributed by atoms with Gasteiger partial charge in [-0.2, -0.15) is 0 Å². The van der Waals surface area contributed by atoms with Gasteiger partial charge < -0.3 is 14.8 Å². The van der Waals surface area contributed by atoms with Crippen LogP contribution in [-0.2, 0) is 19.5 Å². The van der Waals surface area contributed by atoms with E-state index in [2.05, 4.69) is 36.2 Å². The number of allylic oxidation sites excluding steroid dienone is 1. The molecule has 2 aromatic rings. The van der Waals surface area contributed by atoms with Gasteiger partial charge in [0.2, 0.25) is 0 Å². The minimum Gasteiger partial charge on any atom is -0.493 e. The number of nitrogens with one attached hydrogen (secondary N) is 1. The first-order valence-electron chi connectivity index (χ1n) is 7.37. The molecule has 0 atom stereocenters. The zero-order valence-corrected chi connectivity index (χ0v) is 13.3. The Labute approximate surface area is 132 Å². The molecule has 0 fully saturated rings. The lowest BCUT2D eigenvalue weighted by Gasteiger charge is -2.15. The van der Waals surface area contributed by atoms with Gasteiger partial charge in [0.05, 0.1) is 14.2 Å². The summed E-state index contributed by atoms with van der Waals surface area (Å²) in [6.07, 6.45) is 2.71. The summed E-state index contributed by atoms with van der Waals surface area (Å²) in [7, 11) is 3.31. The van der Waals surface area contributed by atoms with Gasteiger partial charge in [-0.1, -0.05) is 36.4 Å². The normalized spacial score (nSPS) is 10.3. The van der Waals surface area contributed by atoms with Crippen molar-refractivity contribution in [2.75, 3.05) is 14.2 Å². The Morgan fingerprint density at radius 1 is 0.955 bits per heavy atom. The first-order chi connectivity index (χ1) is 10.8. The Kier molecular flexibility index (Phi) is 6.04. The van der Waals surface area contributed by atoms with E-state index in [1.54, 1.807) is 14.2 Å². The fraction of sp³-hybridized carbons (Fsp3) is 0.263. The maximum Gasteiger partial charge on any atom is 0.161 e. The lowest BCUT2D eigenvalue weighted by Crippen LogP contribution is -2.14. The van der Waals surface area contributed by atoms with Crippen LogP contribution >= 0.6 is 0 Å². The van der Waals surface area contributed by atoms with E-state index >= 15 is 0 Å². The van der Waals surface area contributed by atoms with Crippen LogP contribution in [0.25, 0.3) is 0 Å². The molecule has 22 heavy (non-hydrogen) atoms. The fourth-order valence-electron chi connectivity index (χ4n) is 2.41. The lowest BCUT2D eigenvalue weighted by atomic mass is 10.0. The van der Waals surface area contributed by atoms with Crippen molar-refractivity contribution in [2.45, 2.75) is 19.5 Å². The largest absolute Gasteiger partial charge is 0.493 e. The van der Waals surface area contributed by atoms with Crippen LogP contribution < -0.4 is 14.8 Å². The minimum atomic E-state index is 0.756. The maximum absolute atomic E-state index is 5.40. The number of methoxy groups -OCH3 is 2. The van der Waals surface area contributed by atoms with E-state index in [4.69, 9.17) is 9.47 Å². The second-order valence-electron chi connectivity index (χ2n) is 5.06. The molecular weight excluding hydrogens is 274 g/mol. The smallest absolute Gasteiger partial charge is 0.161 e. The second kappa shape index (κ2) is 8.25. The molecule has 3 nitrogen and oxygen atoms in total. The molecule has 0 heterocycles. The van der Waals surface area contributed by atoms with Gasteiger partial charge in [-0.05, 0) is 35.2 Å². The monoisotopic (exact) mass is 297 g/mol. The Morgan fingerprint density at radius 3 is 2.18 bits per heavy atom. The van der Waals surface area contributed by atoms with Crippen molar-refractivity contribution in [1.82, 2.24) is 5.32 Å². The fourth-order valence-corrected chi connectivity index (χ4v) is 2.41. The van der Waals surface area contributed by atoms with Gasteiger partial charge in [0, 0.05) is 13.1 Å². The van der Waals surface area contributed by atoms with Gasteiger partial charge in [0.25, 0.3) is 0 Å². The summed E-state index contributed by atoms with van der Waals surface area (Å²) in [5, 5.41) is 3.47. The molecular formula is C19H23NO2. The predicted octanol–water partition coefficient (Wildman–Crippen LogP) is 3.72. The lowest BCUT2D eigenvalue weighted by molar-refractivity contribution is 0.354. The highest BCUT2D eigenvalue weighted by molar-refractivity contribution is 5.48. The molecule has 2 aromatic carbocycles. The molecule has 0 aromatic heterocycles. The minimum absolute atomic E-state index is 0.756. The van der Waals surface area contributed by atoms with Crippen LogP contribution in [0.3, 0.4) is 0 Å². The third kappa shape index (κ3) is 4.12. The molecule has 0 aliphatic rings. The molecule has 0 unspecified atom stereocenters. The molecule has 0 aliphatic heterocycles. The Morgan fingerprint density at radius 2 is 1.59 bits per heavy atom. The summed E-state index contributed by atoms with van der Waals surface area (Å²) in [6, 6.07) is 14.4. The Bertz CT molecular complexity index is 608. The Balaban J connectivity index is 2.12. The number of hydrogen-bond acceptors (Lipinski definition) is 3. The molecule has 3 heteroatoms. The third-order valence-corrected chi connectivity index (χ3v) is 3.56. The number of hydrogen-bond donors (Lipinski definition) is 1. The van der Waals surface area contributed by atoms with Crippen LogP contribution in [0.15, 0.2) is 55.1 Å².